The van der Waals surface area contributed by atoms with Crippen molar-refractivity contribution in [3.8, 4) is 5.75 Å². The lowest BCUT2D eigenvalue weighted by Gasteiger charge is -2.05. The number of hydrogen-bond donors (Lipinski definition) is 0. The molecule has 0 aliphatic carbocycles. The topological polar surface area (TPSA) is 52.6 Å². The smallest absolute Gasteiger partial charge is 0.338 e. The lowest BCUT2D eigenvalue weighted by atomic mass is 10.2. The van der Waals surface area contributed by atoms with Crippen LogP contribution in [0.3, 0.4) is 0 Å². The lowest BCUT2D eigenvalue weighted by molar-refractivity contribution is -0.131. The number of carbonyl (C=O) groups excluding carboxylic acids is 2. The van der Waals surface area contributed by atoms with E-state index in [4.69, 9.17) is 9.47 Å². The number of carbonyl (C=O) groups is 2. The summed E-state index contributed by atoms with van der Waals surface area (Å²) in [5.41, 5.74) is 0.382. The van der Waals surface area contributed by atoms with Gasteiger partial charge in [-0.2, -0.15) is 0 Å². The molecule has 0 aromatic heterocycles. The molecule has 0 spiro atoms. The molecule has 0 bridgehead atoms. The van der Waals surface area contributed by atoms with E-state index in [1.165, 1.54) is 13.0 Å². The van der Waals surface area contributed by atoms with Gasteiger partial charge in [0, 0.05) is 6.92 Å². The van der Waals surface area contributed by atoms with Crippen LogP contribution in [0.4, 0.5) is 0 Å². The van der Waals surface area contributed by atoms with Crippen LogP contribution in [0.2, 0.25) is 0 Å². The summed E-state index contributed by atoms with van der Waals surface area (Å²) < 4.78 is 9.82. The molecule has 0 aliphatic rings. The minimum absolute atomic E-state index is 0.346. The largest absolute Gasteiger partial charge is 0.462 e. The standard InChI is InChI=1S/C12H14O4/c1-3-7-15-12(14)10-5-4-6-11(8-10)16-9(2)13/h4-6,8H,3,7H2,1-2H3. The fourth-order valence-corrected chi connectivity index (χ4v) is 1.13. The zero-order valence-electron chi connectivity index (χ0n) is 9.36. The molecule has 4 heteroatoms. The Balaban J connectivity index is 2.73. The summed E-state index contributed by atoms with van der Waals surface area (Å²) in [5, 5.41) is 0. The highest BCUT2D eigenvalue weighted by Gasteiger charge is 2.08. The van der Waals surface area contributed by atoms with Gasteiger partial charge in [0.25, 0.3) is 0 Å². The normalized spacial score (nSPS) is 9.62. The van der Waals surface area contributed by atoms with Crippen LogP contribution in [-0.2, 0) is 9.53 Å². The van der Waals surface area contributed by atoms with Gasteiger partial charge in [-0.25, -0.2) is 4.79 Å². The third-order valence-corrected chi connectivity index (χ3v) is 1.77. The van der Waals surface area contributed by atoms with Crippen LogP contribution in [0.5, 0.6) is 5.75 Å². The second-order valence-electron chi connectivity index (χ2n) is 3.26. The van der Waals surface area contributed by atoms with E-state index in [0.717, 1.165) is 6.42 Å². The van der Waals surface area contributed by atoms with E-state index in [9.17, 15) is 9.59 Å². The SMILES string of the molecule is CCCOC(=O)c1cccc(OC(C)=O)c1. The van der Waals surface area contributed by atoms with E-state index in [1.807, 2.05) is 6.92 Å². The van der Waals surface area contributed by atoms with E-state index in [-0.39, 0.29) is 0 Å². The molecule has 16 heavy (non-hydrogen) atoms. The zero-order valence-corrected chi connectivity index (χ0v) is 9.36. The van der Waals surface area contributed by atoms with Gasteiger partial charge in [0.2, 0.25) is 0 Å². The minimum Gasteiger partial charge on any atom is -0.462 e. The Morgan fingerprint density at radius 3 is 2.69 bits per heavy atom. The minimum atomic E-state index is -0.418. The molecular formula is C12H14O4. The summed E-state index contributed by atoms with van der Waals surface area (Å²) in [6.07, 6.45) is 0.773. The van der Waals surface area contributed by atoms with Crippen molar-refractivity contribution < 1.29 is 19.1 Å². The van der Waals surface area contributed by atoms with Crippen LogP contribution >= 0.6 is 0 Å². The van der Waals surface area contributed by atoms with Gasteiger partial charge in [0.05, 0.1) is 12.2 Å². The Bertz CT molecular complexity index is 384. The second-order valence-corrected chi connectivity index (χ2v) is 3.26. The highest BCUT2D eigenvalue weighted by molar-refractivity contribution is 5.90. The van der Waals surface area contributed by atoms with Gasteiger partial charge in [-0.1, -0.05) is 13.0 Å². The van der Waals surface area contributed by atoms with Gasteiger partial charge in [-0.05, 0) is 24.6 Å². The van der Waals surface area contributed by atoms with E-state index >= 15 is 0 Å². The Morgan fingerprint density at radius 2 is 2.06 bits per heavy atom. The lowest BCUT2D eigenvalue weighted by Crippen LogP contribution is -2.07. The molecule has 0 aliphatic heterocycles. The molecule has 1 aromatic rings. The number of ether oxygens (including phenoxy) is 2. The first kappa shape index (κ1) is 12.2. The van der Waals surface area contributed by atoms with Crippen molar-refractivity contribution in [1.82, 2.24) is 0 Å². The van der Waals surface area contributed by atoms with Crippen LogP contribution in [-0.4, -0.2) is 18.5 Å². The van der Waals surface area contributed by atoms with Crippen LogP contribution in [0, 0.1) is 0 Å². The highest BCUT2D eigenvalue weighted by atomic mass is 16.5. The Labute approximate surface area is 94.2 Å². The summed E-state index contributed by atoms with van der Waals surface area (Å²) in [4.78, 5) is 22.2. The maximum Gasteiger partial charge on any atom is 0.338 e. The van der Waals surface area contributed by atoms with E-state index < -0.39 is 11.9 Å². The van der Waals surface area contributed by atoms with Gasteiger partial charge < -0.3 is 9.47 Å². The van der Waals surface area contributed by atoms with Crippen molar-refractivity contribution in [2.45, 2.75) is 20.3 Å². The first-order valence-electron chi connectivity index (χ1n) is 5.09. The van der Waals surface area contributed by atoms with E-state index in [2.05, 4.69) is 0 Å². The van der Waals surface area contributed by atoms with Crippen molar-refractivity contribution in [2.24, 2.45) is 0 Å². The van der Waals surface area contributed by atoms with Gasteiger partial charge in [-0.15, -0.1) is 0 Å². The molecule has 1 aromatic carbocycles. The maximum atomic E-state index is 11.5. The maximum absolute atomic E-state index is 11.5. The summed E-state index contributed by atoms with van der Waals surface area (Å²) in [5.74, 6) is -0.478. The van der Waals surface area contributed by atoms with Gasteiger partial charge in [0.15, 0.2) is 0 Å². The Hall–Kier alpha value is -1.84. The fraction of sp³-hybridized carbons (Fsp3) is 0.333. The first-order valence-corrected chi connectivity index (χ1v) is 5.09. The molecule has 0 N–H and O–H groups in total. The zero-order chi connectivity index (χ0) is 12.0. The Kier molecular flexibility index (Phi) is 4.51. The number of hydrogen-bond acceptors (Lipinski definition) is 4. The quantitative estimate of drug-likeness (QED) is 0.578. The molecule has 0 fully saturated rings. The first-order chi connectivity index (χ1) is 7.63. The average Bonchev–Trinajstić information content (AvgIpc) is 2.25. The summed E-state index contributed by atoms with van der Waals surface area (Å²) in [6.45, 7) is 3.61. The number of rotatable bonds is 4. The van der Waals surface area contributed by atoms with Crippen LogP contribution in [0.25, 0.3) is 0 Å². The van der Waals surface area contributed by atoms with E-state index in [1.54, 1.807) is 18.2 Å². The average molecular weight is 222 g/mol. The van der Waals surface area contributed by atoms with Crippen LogP contribution in [0.15, 0.2) is 24.3 Å². The fourth-order valence-electron chi connectivity index (χ4n) is 1.13. The molecule has 86 valence electrons. The molecule has 0 heterocycles. The van der Waals surface area contributed by atoms with Gasteiger partial charge >= 0.3 is 11.9 Å². The predicted octanol–water partition coefficient (Wildman–Crippen LogP) is 2.18. The molecule has 0 saturated heterocycles. The second kappa shape index (κ2) is 5.90. The molecule has 0 radical (unpaired) electrons. The van der Waals surface area contributed by atoms with Crippen molar-refractivity contribution in [1.29, 1.82) is 0 Å². The Morgan fingerprint density at radius 1 is 1.31 bits per heavy atom. The summed E-state index contributed by atoms with van der Waals surface area (Å²) in [7, 11) is 0. The van der Waals surface area contributed by atoms with Gasteiger partial charge in [0.1, 0.15) is 5.75 Å². The summed E-state index contributed by atoms with van der Waals surface area (Å²) in [6, 6.07) is 6.35. The van der Waals surface area contributed by atoms with Crippen molar-refractivity contribution in [3.05, 3.63) is 29.8 Å². The van der Waals surface area contributed by atoms with E-state index in [0.29, 0.717) is 17.9 Å². The third kappa shape index (κ3) is 3.73. The molecule has 1 rings (SSSR count). The van der Waals surface area contributed by atoms with Crippen molar-refractivity contribution in [3.63, 3.8) is 0 Å². The van der Waals surface area contributed by atoms with Crippen LogP contribution < -0.4 is 4.74 Å². The summed E-state index contributed by atoms with van der Waals surface area (Å²) >= 11 is 0. The molecule has 4 nitrogen and oxygen atoms in total. The monoisotopic (exact) mass is 222 g/mol. The highest BCUT2D eigenvalue weighted by Crippen LogP contribution is 2.14. The van der Waals surface area contributed by atoms with Crippen molar-refractivity contribution in [2.75, 3.05) is 6.61 Å². The van der Waals surface area contributed by atoms with Crippen molar-refractivity contribution >= 4 is 11.9 Å². The van der Waals surface area contributed by atoms with Gasteiger partial charge in [-0.3, -0.25) is 4.79 Å². The number of benzene rings is 1. The predicted molar refractivity (Wildman–Crippen MR) is 58.3 cm³/mol. The van der Waals surface area contributed by atoms with Crippen LogP contribution in [0.1, 0.15) is 30.6 Å². The molecule has 0 atom stereocenters. The molecule has 0 unspecified atom stereocenters. The molecule has 0 amide bonds. The molecular weight excluding hydrogens is 208 g/mol. The number of esters is 2. The molecule has 0 saturated carbocycles. The third-order valence-electron chi connectivity index (χ3n) is 1.77.